The summed E-state index contributed by atoms with van der Waals surface area (Å²) in [5, 5.41) is 20.1. The van der Waals surface area contributed by atoms with Gasteiger partial charge in [0, 0.05) is 17.7 Å². The Hall–Kier alpha value is -3.35. The summed E-state index contributed by atoms with van der Waals surface area (Å²) in [5.41, 5.74) is 0.115. The van der Waals surface area contributed by atoms with Crippen LogP contribution in [0.4, 0.5) is 0 Å². The third-order valence-electron chi connectivity index (χ3n) is 3.94. The van der Waals surface area contributed by atoms with Crippen LogP contribution in [0.3, 0.4) is 0 Å². The number of phenols is 2. The zero-order chi connectivity index (χ0) is 19.7. The molecule has 7 heteroatoms. The molecule has 0 atom stereocenters. The number of hydrogen-bond donors (Lipinski definition) is 2. The van der Waals surface area contributed by atoms with E-state index < -0.39 is 5.43 Å². The number of benzene rings is 2. The van der Waals surface area contributed by atoms with Gasteiger partial charge >= 0.3 is 0 Å². The van der Waals surface area contributed by atoms with Gasteiger partial charge in [0.05, 0.1) is 20.3 Å². The van der Waals surface area contributed by atoms with Crippen LogP contribution < -0.4 is 19.6 Å². The van der Waals surface area contributed by atoms with Crippen molar-refractivity contribution >= 4 is 11.0 Å². The van der Waals surface area contributed by atoms with Crippen LogP contribution >= 0.6 is 0 Å². The van der Waals surface area contributed by atoms with Crippen LogP contribution in [0.2, 0.25) is 0 Å². The average molecular weight is 372 g/mol. The molecule has 2 aromatic carbocycles. The summed E-state index contributed by atoms with van der Waals surface area (Å²) < 4.78 is 21.9. The van der Waals surface area contributed by atoms with Gasteiger partial charge in [0.2, 0.25) is 11.2 Å². The minimum Gasteiger partial charge on any atom is -0.507 e. The van der Waals surface area contributed by atoms with Crippen molar-refractivity contribution in [3.63, 3.8) is 0 Å². The summed E-state index contributed by atoms with van der Waals surface area (Å²) in [7, 11) is 2.87. The standard InChI is InChI=1S/C20H20O7/c1-10(2)26-20-18(23)17-14(22)8-12(24-3)9-16(17)27-19(20)11-5-6-13(21)15(7-11)25-4/h5-10,21-22H,1-4H3. The minimum atomic E-state index is -0.507. The molecule has 1 aromatic heterocycles. The molecule has 0 spiro atoms. The highest BCUT2D eigenvalue weighted by molar-refractivity contribution is 5.88. The first-order valence-corrected chi connectivity index (χ1v) is 8.27. The fraction of sp³-hybridized carbons (Fsp3) is 0.250. The van der Waals surface area contributed by atoms with Gasteiger partial charge in [-0.25, -0.2) is 0 Å². The lowest BCUT2D eigenvalue weighted by Gasteiger charge is -2.15. The van der Waals surface area contributed by atoms with Gasteiger partial charge in [0.15, 0.2) is 17.3 Å². The van der Waals surface area contributed by atoms with Crippen molar-refractivity contribution in [2.24, 2.45) is 0 Å². The number of rotatable bonds is 5. The molecule has 0 bridgehead atoms. The number of aromatic hydroxyl groups is 2. The lowest BCUT2D eigenvalue weighted by Crippen LogP contribution is -2.15. The van der Waals surface area contributed by atoms with E-state index in [0.29, 0.717) is 11.3 Å². The Bertz CT molecular complexity index is 1050. The Morgan fingerprint density at radius 1 is 1.00 bits per heavy atom. The molecule has 1 heterocycles. The van der Waals surface area contributed by atoms with E-state index in [2.05, 4.69) is 0 Å². The molecular formula is C20H20O7. The van der Waals surface area contributed by atoms with E-state index in [1.165, 1.54) is 38.5 Å². The van der Waals surface area contributed by atoms with Gasteiger partial charge in [0.25, 0.3) is 0 Å². The molecule has 0 saturated carbocycles. The van der Waals surface area contributed by atoms with Crippen molar-refractivity contribution in [3.05, 3.63) is 40.6 Å². The van der Waals surface area contributed by atoms with Crippen molar-refractivity contribution < 1.29 is 28.8 Å². The maximum absolute atomic E-state index is 13.0. The van der Waals surface area contributed by atoms with E-state index in [9.17, 15) is 15.0 Å². The Labute approximate surface area is 155 Å². The number of phenolic OH excluding ortho intramolecular Hbond substituents is 2. The summed E-state index contributed by atoms with van der Waals surface area (Å²) >= 11 is 0. The molecule has 27 heavy (non-hydrogen) atoms. The van der Waals surface area contributed by atoms with Gasteiger partial charge in [-0.1, -0.05) is 0 Å². The molecule has 0 saturated heterocycles. The van der Waals surface area contributed by atoms with Crippen molar-refractivity contribution in [2.75, 3.05) is 14.2 Å². The highest BCUT2D eigenvalue weighted by Gasteiger charge is 2.22. The fourth-order valence-corrected chi connectivity index (χ4v) is 2.73. The van der Waals surface area contributed by atoms with E-state index in [0.717, 1.165) is 0 Å². The average Bonchev–Trinajstić information content (AvgIpc) is 2.63. The molecule has 0 unspecified atom stereocenters. The van der Waals surface area contributed by atoms with Gasteiger partial charge in [-0.05, 0) is 32.0 Å². The van der Waals surface area contributed by atoms with Gasteiger partial charge < -0.3 is 28.8 Å². The lowest BCUT2D eigenvalue weighted by atomic mass is 10.1. The van der Waals surface area contributed by atoms with Crippen LogP contribution in [0.15, 0.2) is 39.5 Å². The maximum atomic E-state index is 13.0. The van der Waals surface area contributed by atoms with Crippen LogP contribution in [0.25, 0.3) is 22.3 Å². The van der Waals surface area contributed by atoms with E-state index in [-0.39, 0.29) is 45.8 Å². The van der Waals surface area contributed by atoms with Crippen molar-refractivity contribution in [1.29, 1.82) is 0 Å². The molecular weight excluding hydrogens is 352 g/mol. The van der Waals surface area contributed by atoms with Gasteiger partial charge in [-0.15, -0.1) is 0 Å². The first-order valence-electron chi connectivity index (χ1n) is 8.27. The molecule has 3 rings (SSSR count). The van der Waals surface area contributed by atoms with Crippen LogP contribution in [0, 0.1) is 0 Å². The second-order valence-electron chi connectivity index (χ2n) is 6.16. The minimum absolute atomic E-state index is 0.000873. The quantitative estimate of drug-likeness (QED) is 0.705. The first-order chi connectivity index (χ1) is 12.8. The lowest BCUT2D eigenvalue weighted by molar-refractivity contribution is 0.236. The maximum Gasteiger partial charge on any atom is 0.239 e. The van der Waals surface area contributed by atoms with E-state index in [1.807, 2.05) is 0 Å². The second-order valence-corrected chi connectivity index (χ2v) is 6.16. The smallest absolute Gasteiger partial charge is 0.239 e. The van der Waals surface area contributed by atoms with E-state index in [4.69, 9.17) is 18.6 Å². The Morgan fingerprint density at radius 3 is 2.37 bits per heavy atom. The predicted molar refractivity (Wildman–Crippen MR) is 100 cm³/mol. The normalized spacial score (nSPS) is 11.0. The number of hydrogen-bond acceptors (Lipinski definition) is 7. The van der Waals surface area contributed by atoms with Crippen molar-refractivity contribution in [3.8, 4) is 40.1 Å². The van der Waals surface area contributed by atoms with Crippen LogP contribution in [-0.4, -0.2) is 30.5 Å². The molecule has 0 aliphatic heterocycles. The molecule has 0 radical (unpaired) electrons. The number of ether oxygens (including phenoxy) is 3. The Morgan fingerprint density at radius 2 is 1.74 bits per heavy atom. The molecule has 142 valence electrons. The molecule has 0 aliphatic rings. The largest absolute Gasteiger partial charge is 0.507 e. The molecule has 0 fully saturated rings. The van der Waals surface area contributed by atoms with Crippen LogP contribution in [0.5, 0.6) is 28.7 Å². The van der Waals surface area contributed by atoms with Crippen molar-refractivity contribution in [2.45, 2.75) is 20.0 Å². The molecule has 0 aliphatic carbocycles. The summed E-state index contributed by atoms with van der Waals surface area (Å²) in [6.07, 6.45) is -0.302. The third-order valence-corrected chi connectivity index (χ3v) is 3.94. The Kier molecular flexibility index (Phi) is 4.85. The predicted octanol–water partition coefficient (Wildman–Crippen LogP) is 3.68. The SMILES string of the molecule is COc1cc(O)c2c(=O)c(OC(C)C)c(-c3ccc(O)c(OC)c3)oc2c1. The summed E-state index contributed by atoms with van der Waals surface area (Å²) in [6, 6.07) is 7.39. The monoisotopic (exact) mass is 372 g/mol. The second kappa shape index (κ2) is 7.11. The zero-order valence-electron chi connectivity index (χ0n) is 15.4. The molecule has 7 nitrogen and oxygen atoms in total. The van der Waals surface area contributed by atoms with Crippen LogP contribution in [-0.2, 0) is 0 Å². The molecule has 2 N–H and O–H groups in total. The first kappa shape index (κ1) is 18.4. The summed E-state index contributed by atoms with van der Waals surface area (Å²) in [5.74, 6) is 0.378. The zero-order valence-corrected chi connectivity index (χ0v) is 15.4. The third kappa shape index (κ3) is 3.36. The Balaban J connectivity index is 2.37. The summed E-state index contributed by atoms with van der Waals surface area (Å²) in [4.78, 5) is 13.0. The van der Waals surface area contributed by atoms with Crippen molar-refractivity contribution in [1.82, 2.24) is 0 Å². The topological polar surface area (TPSA) is 98.4 Å². The number of fused-ring (bicyclic) bond motifs is 1. The molecule has 3 aromatic rings. The van der Waals surface area contributed by atoms with Crippen LogP contribution in [0.1, 0.15) is 13.8 Å². The van der Waals surface area contributed by atoms with E-state index in [1.54, 1.807) is 19.9 Å². The number of methoxy groups -OCH3 is 2. The molecule has 0 amide bonds. The van der Waals surface area contributed by atoms with Gasteiger partial charge in [0.1, 0.15) is 22.5 Å². The highest BCUT2D eigenvalue weighted by Crippen LogP contribution is 2.38. The summed E-state index contributed by atoms with van der Waals surface area (Å²) in [6.45, 7) is 3.55. The highest BCUT2D eigenvalue weighted by atomic mass is 16.5. The fourth-order valence-electron chi connectivity index (χ4n) is 2.73. The van der Waals surface area contributed by atoms with Gasteiger partial charge in [-0.3, -0.25) is 4.79 Å². The van der Waals surface area contributed by atoms with Gasteiger partial charge in [-0.2, -0.15) is 0 Å². The van der Waals surface area contributed by atoms with E-state index >= 15 is 0 Å².